The summed E-state index contributed by atoms with van der Waals surface area (Å²) in [6, 6.07) is 9.14. The van der Waals surface area contributed by atoms with Crippen molar-refractivity contribution in [2.24, 2.45) is 0 Å². The Morgan fingerprint density at radius 2 is 1.89 bits per heavy atom. The first-order valence-electron chi connectivity index (χ1n) is 8.39. The molecule has 1 N–H and O–H groups in total. The van der Waals surface area contributed by atoms with Crippen LogP contribution in [0, 0.1) is 11.6 Å². The molecule has 1 atom stereocenters. The van der Waals surface area contributed by atoms with Crippen molar-refractivity contribution >= 4 is 21.6 Å². The molecule has 0 radical (unpaired) electrons. The second-order valence-corrected chi connectivity index (χ2v) is 8.32. The van der Waals surface area contributed by atoms with Crippen molar-refractivity contribution in [3.05, 3.63) is 64.7 Å². The van der Waals surface area contributed by atoms with Crippen LogP contribution in [0.5, 0.6) is 0 Å². The lowest BCUT2D eigenvalue weighted by Gasteiger charge is -2.35. The molecule has 1 saturated heterocycles. The highest BCUT2D eigenvalue weighted by Gasteiger charge is 2.26. The van der Waals surface area contributed by atoms with Gasteiger partial charge in [0.2, 0.25) is 10.0 Å². The molecule has 0 spiro atoms. The topological polar surface area (TPSA) is 58.6 Å². The number of rotatable bonds is 6. The van der Waals surface area contributed by atoms with Crippen LogP contribution in [0.25, 0.3) is 0 Å². The molecule has 2 aromatic carbocycles. The summed E-state index contributed by atoms with van der Waals surface area (Å²) in [4.78, 5) is 1.36. The Labute approximate surface area is 161 Å². The van der Waals surface area contributed by atoms with Gasteiger partial charge in [0, 0.05) is 30.7 Å². The van der Waals surface area contributed by atoms with E-state index in [1.807, 2.05) is 6.07 Å². The van der Waals surface area contributed by atoms with E-state index in [1.165, 1.54) is 0 Å². The SMILES string of the molecule is O=S(=O)(NCC(c1cccc(Cl)c1)N1CCOCC1)c1cc(F)ccc1F. The van der Waals surface area contributed by atoms with Crippen molar-refractivity contribution < 1.29 is 21.9 Å². The van der Waals surface area contributed by atoms with Crippen LogP contribution in [0.4, 0.5) is 8.78 Å². The number of ether oxygens (including phenoxy) is 1. The summed E-state index contributed by atoms with van der Waals surface area (Å²) in [5, 5.41) is 0.532. The third kappa shape index (κ3) is 5.03. The van der Waals surface area contributed by atoms with E-state index < -0.39 is 26.6 Å². The average molecular weight is 417 g/mol. The lowest BCUT2D eigenvalue weighted by atomic mass is 10.1. The van der Waals surface area contributed by atoms with Crippen LogP contribution in [0.3, 0.4) is 0 Å². The van der Waals surface area contributed by atoms with Crippen LogP contribution in [0.15, 0.2) is 47.4 Å². The molecule has 9 heteroatoms. The lowest BCUT2D eigenvalue weighted by molar-refractivity contribution is 0.0172. The first kappa shape index (κ1) is 20.2. The molecular formula is C18H19ClF2N2O3S. The molecule has 1 fully saturated rings. The number of morpholine rings is 1. The molecule has 0 amide bonds. The summed E-state index contributed by atoms with van der Waals surface area (Å²) in [6.07, 6.45) is 0. The van der Waals surface area contributed by atoms with E-state index in [1.54, 1.807) is 18.2 Å². The minimum atomic E-state index is -4.22. The van der Waals surface area contributed by atoms with Crippen molar-refractivity contribution in [2.45, 2.75) is 10.9 Å². The van der Waals surface area contributed by atoms with Crippen LogP contribution in [0.1, 0.15) is 11.6 Å². The first-order chi connectivity index (χ1) is 12.9. The summed E-state index contributed by atoms with van der Waals surface area (Å²) in [7, 11) is -4.22. The number of benzene rings is 2. The number of sulfonamides is 1. The predicted molar refractivity (Wildman–Crippen MR) is 98.1 cm³/mol. The van der Waals surface area contributed by atoms with Gasteiger partial charge in [0.1, 0.15) is 16.5 Å². The molecule has 1 aliphatic heterocycles. The predicted octanol–water partition coefficient (Wildman–Crippen LogP) is 2.97. The molecular weight excluding hydrogens is 398 g/mol. The van der Waals surface area contributed by atoms with E-state index in [4.69, 9.17) is 16.3 Å². The van der Waals surface area contributed by atoms with Gasteiger partial charge < -0.3 is 4.74 Å². The van der Waals surface area contributed by atoms with Gasteiger partial charge in [0.25, 0.3) is 0 Å². The van der Waals surface area contributed by atoms with E-state index in [0.717, 1.165) is 17.7 Å². The number of nitrogens with zero attached hydrogens (tertiary/aromatic N) is 1. The second-order valence-electron chi connectivity index (χ2n) is 6.15. The van der Waals surface area contributed by atoms with Gasteiger partial charge in [0.05, 0.1) is 13.2 Å². The fourth-order valence-electron chi connectivity index (χ4n) is 3.01. The van der Waals surface area contributed by atoms with Crippen LogP contribution in [-0.4, -0.2) is 46.2 Å². The molecule has 146 valence electrons. The zero-order valence-electron chi connectivity index (χ0n) is 14.4. The zero-order chi connectivity index (χ0) is 19.4. The third-order valence-electron chi connectivity index (χ3n) is 4.37. The van der Waals surface area contributed by atoms with Crippen LogP contribution in [0.2, 0.25) is 5.02 Å². The normalized spacial score (nSPS) is 17.0. The Morgan fingerprint density at radius 3 is 2.59 bits per heavy atom. The smallest absolute Gasteiger partial charge is 0.243 e. The zero-order valence-corrected chi connectivity index (χ0v) is 15.9. The Bertz CT molecular complexity index is 905. The maximum absolute atomic E-state index is 13.9. The van der Waals surface area contributed by atoms with Crippen molar-refractivity contribution in [3.63, 3.8) is 0 Å². The molecule has 0 saturated carbocycles. The monoisotopic (exact) mass is 416 g/mol. The molecule has 1 heterocycles. The van der Waals surface area contributed by atoms with E-state index in [2.05, 4.69) is 9.62 Å². The second kappa shape index (κ2) is 8.62. The highest BCUT2D eigenvalue weighted by molar-refractivity contribution is 7.89. The first-order valence-corrected chi connectivity index (χ1v) is 10.2. The van der Waals surface area contributed by atoms with Crippen molar-refractivity contribution in [3.8, 4) is 0 Å². The molecule has 1 aliphatic rings. The van der Waals surface area contributed by atoms with Crippen molar-refractivity contribution in [1.29, 1.82) is 0 Å². The quantitative estimate of drug-likeness (QED) is 0.786. The summed E-state index contributed by atoms with van der Waals surface area (Å²) in [6.45, 7) is 2.28. The number of halogens is 3. The van der Waals surface area contributed by atoms with Gasteiger partial charge in [-0.1, -0.05) is 23.7 Å². The van der Waals surface area contributed by atoms with Gasteiger partial charge in [-0.15, -0.1) is 0 Å². The molecule has 0 aliphatic carbocycles. The van der Waals surface area contributed by atoms with Gasteiger partial charge in [-0.3, -0.25) is 4.90 Å². The maximum Gasteiger partial charge on any atom is 0.243 e. The highest BCUT2D eigenvalue weighted by atomic mass is 35.5. The van der Waals surface area contributed by atoms with Gasteiger partial charge in [-0.05, 0) is 35.9 Å². The van der Waals surface area contributed by atoms with Gasteiger partial charge in [-0.2, -0.15) is 0 Å². The molecule has 0 bridgehead atoms. The van der Waals surface area contributed by atoms with Crippen molar-refractivity contribution in [1.82, 2.24) is 9.62 Å². The highest BCUT2D eigenvalue weighted by Crippen LogP contribution is 2.25. The van der Waals surface area contributed by atoms with E-state index >= 15 is 0 Å². The number of hydrogen-bond donors (Lipinski definition) is 1. The van der Waals surface area contributed by atoms with Crippen LogP contribution in [-0.2, 0) is 14.8 Å². The molecule has 3 rings (SSSR count). The van der Waals surface area contributed by atoms with E-state index in [0.29, 0.717) is 37.4 Å². The van der Waals surface area contributed by atoms with Gasteiger partial charge in [0.15, 0.2) is 0 Å². The lowest BCUT2D eigenvalue weighted by Crippen LogP contribution is -2.43. The summed E-state index contributed by atoms with van der Waals surface area (Å²) < 4.78 is 60.0. The molecule has 27 heavy (non-hydrogen) atoms. The third-order valence-corrected chi connectivity index (χ3v) is 6.04. The van der Waals surface area contributed by atoms with Crippen LogP contribution < -0.4 is 4.72 Å². The number of hydrogen-bond acceptors (Lipinski definition) is 4. The largest absolute Gasteiger partial charge is 0.379 e. The minimum absolute atomic E-state index is 0.0152. The standard InChI is InChI=1S/C18H19ClF2N2O3S/c19-14-3-1-2-13(10-14)17(23-6-8-26-9-7-23)12-22-27(24,25)18-11-15(20)4-5-16(18)21/h1-5,10-11,17,22H,6-9,12H2. The summed E-state index contributed by atoms with van der Waals surface area (Å²) in [5.74, 6) is -1.83. The average Bonchev–Trinajstić information content (AvgIpc) is 2.65. The molecule has 1 unspecified atom stereocenters. The molecule has 2 aromatic rings. The summed E-state index contributed by atoms with van der Waals surface area (Å²) >= 11 is 6.08. The Kier molecular flexibility index (Phi) is 6.44. The van der Waals surface area contributed by atoms with Crippen molar-refractivity contribution in [2.75, 3.05) is 32.8 Å². The Hall–Kier alpha value is -1.58. The molecule has 5 nitrogen and oxygen atoms in total. The van der Waals surface area contributed by atoms with E-state index in [9.17, 15) is 17.2 Å². The van der Waals surface area contributed by atoms with Gasteiger partial charge >= 0.3 is 0 Å². The van der Waals surface area contributed by atoms with Gasteiger partial charge in [-0.25, -0.2) is 21.9 Å². The fourth-order valence-corrected chi connectivity index (χ4v) is 4.33. The minimum Gasteiger partial charge on any atom is -0.379 e. The maximum atomic E-state index is 13.9. The summed E-state index contributed by atoms with van der Waals surface area (Å²) in [5.41, 5.74) is 0.826. The Morgan fingerprint density at radius 1 is 1.15 bits per heavy atom. The number of nitrogens with one attached hydrogen (secondary N) is 1. The Balaban J connectivity index is 1.84. The van der Waals surface area contributed by atoms with Crippen LogP contribution >= 0.6 is 11.6 Å². The fraction of sp³-hybridized carbons (Fsp3) is 0.333. The molecule has 0 aromatic heterocycles. The van der Waals surface area contributed by atoms with E-state index in [-0.39, 0.29) is 12.6 Å².